The lowest BCUT2D eigenvalue weighted by atomic mass is 9.91. The van der Waals surface area contributed by atoms with Crippen LogP contribution in [0.25, 0.3) is 38.9 Å². The second-order valence-corrected chi connectivity index (χ2v) is 9.74. The first-order chi connectivity index (χ1) is 16.6. The number of allylic oxidation sites excluding steroid dienone is 1. The molecule has 1 aliphatic carbocycles. The highest BCUT2D eigenvalue weighted by molar-refractivity contribution is 9.10. The number of ketones is 1. The number of hydrogen-bond acceptors (Lipinski definition) is 2. The highest BCUT2D eigenvalue weighted by atomic mass is 79.9. The van der Waals surface area contributed by atoms with Crippen LogP contribution >= 0.6 is 15.9 Å². The molecule has 0 saturated carbocycles. The molecule has 34 heavy (non-hydrogen) atoms. The van der Waals surface area contributed by atoms with Gasteiger partial charge in [-0.1, -0.05) is 82.7 Å². The van der Waals surface area contributed by atoms with Gasteiger partial charge in [-0.15, -0.1) is 0 Å². The molecule has 0 radical (unpaired) electrons. The number of carbonyl (C=O) groups is 1. The third-order valence-corrected chi connectivity index (χ3v) is 7.25. The van der Waals surface area contributed by atoms with Crippen molar-refractivity contribution in [2.75, 3.05) is 0 Å². The lowest BCUT2D eigenvalue weighted by molar-refractivity contribution is 0.104. The number of nitrogens with zero attached hydrogens (tertiary/aromatic N) is 1. The number of aryl methyl sites for hydroxylation is 3. The van der Waals surface area contributed by atoms with Crippen LogP contribution in [0.15, 0.2) is 89.4 Å². The molecule has 0 fully saturated rings. The van der Waals surface area contributed by atoms with Crippen molar-refractivity contribution >= 4 is 49.5 Å². The average molecular weight is 504 g/mol. The lowest BCUT2D eigenvalue weighted by Gasteiger charge is -2.14. The van der Waals surface area contributed by atoms with E-state index >= 15 is 0 Å². The van der Waals surface area contributed by atoms with Crippen molar-refractivity contribution in [2.45, 2.75) is 19.8 Å². The van der Waals surface area contributed by atoms with E-state index in [9.17, 15) is 4.79 Å². The first-order valence-electron chi connectivity index (χ1n) is 11.5. The predicted octanol–water partition coefficient (Wildman–Crippen LogP) is 8.12. The lowest BCUT2D eigenvalue weighted by Crippen LogP contribution is -2.05. The van der Waals surface area contributed by atoms with Gasteiger partial charge in [0.05, 0.1) is 11.1 Å². The van der Waals surface area contributed by atoms with Crippen LogP contribution in [-0.2, 0) is 12.8 Å². The Balaban J connectivity index is 1.51. The van der Waals surface area contributed by atoms with E-state index in [-0.39, 0.29) is 5.78 Å². The van der Waals surface area contributed by atoms with Crippen LogP contribution in [0.4, 0.5) is 0 Å². The number of aromatic nitrogens is 1. The molecule has 0 N–H and O–H groups in total. The Labute approximate surface area is 207 Å². The number of fused-ring (bicyclic) bond motifs is 1. The van der Waals surface area contributed by atoms with Gasteiger partial charge in [0, 0.05) is 21.1 Å². The van der Waals surface area contributed by atoms with E-state index in [2.05, 4.69) is 58.4 Å². The zero-order valence-electron chi connectivity index (χ0n) is 18.8. The van der Waals surface area contributed by atoms with Gasteiger partial charge in [0.25, 0.3) is 0 Å². The summed E-state index contributed by atoms with van der Waals surface area (Å²) in [7, 11) is 0. The minimum absolute atomic E-state index is 0.0334. The summed E-state index contributed by atoms with van der Waals surface area (Å²) in [6.45, 7) is 1.92. The fourth-order valence-electron chi connectivity index (χ4n) is 5.23. The zero-order chi connectivity index (χ0) is 23.2. The third kappa shape index (κ3) is 3.48. The van der Waals surface area contributed by atoms with Crippen LogP contribution in [0, 0.1) is 6.92 Å². The van der Waals surface area contributed by atoms with E-state index < -0.39 is 0 Å². The number of rotatable bonds is 4. The van der Waals surface area contributed by atoms with Gasteiger partial charge in [-0.2, -0.15) is 0 Å². The molecule has 1 aliphatic rings. The third-order valence-electron chi connectivity index (χ3n) is 6.76. The smallest absolute Gasteiger partial charge is 0.188 e. The summed E-state index contributed by atoms with van der Waals surface area (Å²) in [5.41, 5.74) is 8.10. The van der Waals surface area contributed by atoms with Crippen molar-refractivity contribution in [3.63, 3.8) is 0 Å². The van der Waals surface area contributed by atoms with Crippen LogP contribution < -0.4 is 0 Å². The molecule has 164 valence electrons. The molecule has 0 bridgehead atoms. The number of pyridine rings is 1. The molecule has 0 atom stereocenters. The first-order valence-corrected chi connectivity index (χ1v) is 12.3. The standard InChI is InChI=1S/C31H22BrNO/c1-19-29(31(21-6-3-2-4-7-21)26-18-24(32)15-16-27(26)33-19)28(34)17-14-20-10-11-23-13-12-22-8-5-9-25(20)30(22)23/h2-11,14-18H,12-13H2,1H3/b17-14+. The summed E-state index contributed by atoms with van der Waals surface area (Å²) >= 11 is 3.59. The largest absolute Gasteiger partial charge is 0.289 e. The Hall–Kier alpha value is -3.56. The van der Waals surface area contributed by atoms with Gasteiger partial charge in [-0.25, -0.2) is 0 Å². The van der Waals surface area contributed by atoms with Gasteiger partial charge in [-0.3, -0.25) is 9.78 Å². The normalized spacial score (nSPS) is 12.8. The quantitative estimate of drug-likeness (QED) is 0.183. The number of hydrogen-bond donors (Lipinski definition) is 0. The minimum Gasteiger partial charge on any atom is -0.289 e. The second-order valence-electron chi connectivity index (χ2n) is 8.83. The van der Waals surface area contributed by atoms with Gasteiger partial charge >= 0.3 is 0 Å². The van der Waals surface area contributed by atoms with E-state index in [1.54, 1.807) is 6.08 Å². The van der Waals surface area contributed by atoms with E-state index in [1.165, 1.54) is 21.9 Å². The van der Waals surface area contributed by atoms with Crippen LogP contribution in [0.1, 0.15) is 32.7 Å². The van der Waals surface area contributed by atoms with E-state index in [0.29, 0.717) is 5.56 Å². The van der Waals surface area contributed by atoms with Crippen molar-refractivity contribution in [3.8, 4) is 11.1 Å². The summed E-state index contributed by atoms with van der Waals surface area (Å²) in [6.07, 6.45) is 5.86. The van der Waals surface area contributed by atoms with Crippen LogP contribution in [-0.4, -0.2) is 10.8 Å². The van der Waals surface area contributed by atoms with Crippen LogP contribution in [0.2, 0.25) is 0 Å². The maximum Gasteiger partial charge on any atom is 0.188 e. The van der Waals surface area contributed by atoms with Crippen molar-refractivity contribution in [1.82, 2.24) is 4.98 Å². The molecule has 0 spiro atoms. The number of halogens is 1. The van der Waals surface area contributed by atoms with Crippen molar-refractivity contribution in [2.24, 2.45) is 0 Å². The van der Waals surface area contributed by atoms with Gasteiger partial charge < -0.3 is 0 Å². The minimum atomic E-state index is -0.0334. The van der Waals surface area contributed by atoms with Crippen LogP contribution in [0.3, 0.4) is 0 Å². The zero-order valence-corrected chi connectivity index (χ0v) is 20.4. The van der Waals surface area contributed by atoms with E-state index in [1.807, 2.05) is 49.4 Å². The van der Waals surface area contributed by atoms with Crippen LogP contribution in [0.5, 0.6) is 0 Å². The molecule has 3 heteroatoms. The molecule has 4 aromatic carbocycles. The first kappa shape index (κ1) is 21.0. The topological polar surface area (TPSA) is 30.0 Å². The summed E-state index contributed by atoms with van der Waals surface area (Å²) in [6, 6.07) is 27.0. The fraction of sp³-hybridized carbons (Fsp3) is 0.0968. The summed E-state index contributed by atoms with van der Waals surface area (Å²) < 4.78 is 0.963. The summed E-state index contributed by atoms with van der Waals surface area (Å²) in [5.74, 6) is -0.0334. The molecule has 1 heterocycles. The number of benzene rings is 4. The molecule has 0 unspecified atom stereocenters. The second kappa shape index (κ2) is 8.34. The molecule has 0 saturated heterocycles. The molecule has 1 aromatic heterocycles. The van der Waals surface area contributed by atoms with Crippen molar-refractivity contribution in [3.05, 3.63) is 117 Å². The van der Waals surface area contributed by atoms with Gasteiger partial charge in [0.1, 0.15) is 0 Å². The Morgan fingerprint density at radius 3 is 2.50 bits per heavy atom. The predicted molar refractivity (Wildman–Crippen MR) is 144 cm³/mol. The maximum atomic E-state index is 13.7. The number of carbonyl (C=O) groups excluding carboxylic acids is 1. The molecule has 2 nitrogen and oxygen atoms in total. The Morgan fingerprint density at radius 2 is 1.68 bits per heavy atom. The maximum absolute atomic E-state index is 13.7. The molecule has 0 amide bonds. The van der Waals surface area contributed by atoms with E-state index in [0.717, 1.165) is 50.6 Å². The monoisotopic (exact) mass is 503 g/mol. The van der Waals surface area contributed by atoms with Crippen molar-refractivity contribution < 1.29 is 4.79 Å². The summed E-state index contributed by atoms with van der Waals surface area (Å²) in [5, 5.41) is 3.54. The molecule has 5 aromatic rings. The highest BCUT2D eigenvalue weighted by Gasteiger charge is 2.20. The fourth-order valence-corrected chi connectivity index (χ4v) is 5.59. The molecular weight excluding hydrogens is 482 g/mol. The van der Waals surface area contributed by atoms with Gasteiger partial charge in [-0.05, 0) is 77.1 Å². The molecular formula is C31H22BrNO. The van der Waals surface area contributed by atoms with Gasteiger partial charge in [0.2, 0.25) is 0 Å². The van der Waals surface area contributed by atoms with Crippen molar-refractivity contribution in [1.29, 1.82) is 0 Å². The summed E-state index contributed by atoms with van der Waals surface area (Å²) in [4.78, 5) is 18.5. The molecule has 0 aliphatic heterocycles. The SMILES string of the molecule is Cc1nc2ccc(Br)cc2c(-c2ccccc2)c1C(=O)/C=C/c1ccc2c3c(cccc13)CC2. The Morgan fingerprint density at radius 1 is 0.882 bits per heavy atom. The van der Waals surface area contributed by atoms with E-state index in [4.69, 9.17) is 4.98 Å². The Kier molecular flexibility index (Phi) is 5.15. The highest BCUT2D eigenvalue weighted by Crippen LogP contribution is 2.36. The average Bonchev–Trinajstić information content (AvgIpc) is 3.28. The Bertz CT molecular complexity index is 1620. The van der Waals surface area contributed by atoms with Gasteiger partial charge in [0.15, 0.2) is 5.78 Å². The molecule has 6 rings (SSSR count).